The normalized spacial score (nSPS) is 44.9. The number of fused-ring (bicyclic) bond motifs is 5. The summed E-state index contributed by atoms with van der Waals surface area (Å²) in [4.78, 5) is 17.9. The van der Waals surface area contributed by atoms with Crippen LogP contribution in [0, 0.1) is 34.5 Å². The predicted octanol–water partition coefficient (Wildman–Crippen LogP) is 4.52. The summed E-state index contributed by atoms with van der Waals surface area (Å²) in [5, 5.41) is 4.36. The molecule has 2 N–H and O–H groups in total. The van der Waals surface area contributed by atoms with Crippen LogP contribution in [-0.2, 0) is 9.63 Å². The van der Waals surface area contributed by atoms with E-state index in [0.717, 1.165) is 44.4 Å². The number of carbonyl (C=O) groups is 1. The second-order valence-corrected chi connectivity index (χ2v) is 9.70. The van der Waals surface area contributed by atoms with Gasteiger partial charge in [0.2, 0.25) is 0 Å². The standard InChI is InChI=1S/C22H34N2O2.ClH/c1-14-12-16-17-4-5-20(25)22(17,3)9-7-18(16)21(2)8-6-15(13-19(14)21)24-26-11-10-23;/h16-19H,1,4-13,23H2,2-3H3;1H/b24-15-;/t16-,17-,18-,19?,21+,22-;/m0./s1. The molecule has 4 nitrogen and oxygen atoms in total. The number of nitrogens with zero attached hydrogens (tertiary/aromatic N) is 1. The third-order valence-corrected chi connectivity index (χ3v) is 8.57. The van der Waals surface area contributed by atoms with Gasteiger partial charge in [0.05, 0.1) is 5.71 Å². The zero-order chi connectivity index (χ0) is 18.5. The van der Waals surface area contributed by atoms with Crippen LogP contribution in [0.25, 0.3) is 0 Å². The van der Waals surface area contributed by atoms with E-state index in [9.17, 15) is 4.79 Å². The minimum atomic E-state index is -0.0536. The number of hydrogen-bond donors (Lipinski definition) is 1. The molecular formula is C22H35ClN2O2. The molecule has 0 bridgehead atoms. The number of halogens is 1. The van der Waals surface area contributed by atoms with E-state index >= 15 is 0 Å². The van der Waals surface area contributed by atoms with Gasteiger partial charge in [-0.2, -0.15) is 0 Å². The van der Waals surface area contributed by atoms with Crippen LogP contribution >= 0.6 is 12.4 Å². The van der Waals surface area contributed by atoms with E-state index < -0.39 is 0 Å². The highest BCUT2D eigenvalue weighted by atomic mass is 35.5. The number of ketones is 1. The van der Waals surface area contributed by atoms with Crippen molar-refractivity contribution in [1.29, 1.82) is 0 Å². The summed E-state index contributed by atoms with van der Waals surface area (Å²) in [5.74, 6) is 2.99. The molecule has 27 heavy (non-hydrogen) atoms. The van der Waals surface area contributed by atoms with Crippen LogP contribution in [0.5, 0.6) is 0 Å². The molecule has 0 aromatic carbocycles. The zero-order valence-corrected chi connectivity index (χ0v) is 17.7. The Morgan fingerprint density at radius 2 is 1.96 bits per heavy atom. The van der Waals surface area contributed by atoms with Gasteiger partial charge in [-0.05, 0) is 74.0 Å². The molecule has 4 fully saturated rings. The Morgan fingerprint density at radius 3 is 2.70 bits per heavy atom. The lowest BCUT2D eigenvalue weighted by Crippen LogP contribution is -2.54. The Labute approximate surface area is 169 Å². The lowest BCUT2D eigenvalue weighted by molar-refractivity contribution is -0.134. The molecule has 4 aliphatic carbocycles. The first-order valence-corrected chi connectivity index (χ1v) is 10.5. The van der Waals surface area contributed by atoms with Crippen LogP contribution in [0.4, 0.5) is 0 Å². The maximum atomic E-state index is 12.6. The highest BCUT2D eigenvalue weighted by Gasteiger charge is 2.60. The lowest BCUT2D eigenvalue weighted by Gasteiger charge is -2.60. The van der Waals surface area contributed by atoms with E-state index in [2.05, 4.69) is 25.6 Å². The number of oxime groups is 1. The molecule has 6 atom stereocenters. The average molecular weight is 395 g/mol. The van der Waals surface area contributed by atoms with Crippen LogP contribution in [0.3, 0.4) is 0 Å². The largest absolute Gasteiger partial charge is 0.395 e. The van der Waals surface area contributed by atoms with Crippen molar-refractivity contribution in [2.45, 2.75) is 65.2 Å². The molecule has 0 heterocycles. The van der Waals surface area contributed by atoms with Crippen molar-refractivity contribution in [1.82, 2.24) is 0 Å². The number of nitrogens with two attached hydrogens (primary N) is 1. The van der Waals surface area contributed by atoms with Gasteiger partial charge in [0.1, 0.15) is 12.4 Å². The van der Waals surface area contributed by atoms with Crippen molar-refractivity contribution in [2.75, 3.05) is 13.2 Å². The summed E-state index contributed by atoms with van der Waals surface area (Å²) in [6.45, 7) is 10.3. The second-order valence-electron chi connectivity index (χ2n) is 9.70. The first kappa shape index (κ1) is 20.9. The molecule has 4 rings (SSSR count). The molecule has 0 aromatic rings. The molecule has 0 aliphatic heterocycles. The predicted molar refractivity (Wildman–Crippen MR) is 111 cm³/mol. The molecule has 5 heteroatoms. The fraction of sp³-hybridized carbons (Fsp3) is 0.818. The Kier molecular flexibility index (Phi) is 5.80. The van der Waals surface area contributed by atoms with E-state index in [1.165, 1.54) is 24.1 Å². The monoisotopic (exact) mass is 394 g/mol. The van der Waals surface area contributed by atoms with Gasteiger partial charge < -0.3 is 10.6 Å². The number of rotatable bonds is 3. The highest BCUT2D eigenvalue weighted by Crippen LogP contribution is 2.66. The third kappa shape index (κ3) is 3.17. The van der Waals surface area contributed by atoms with Crippen LogP contribution in [-0.4, -0.2) is 24.6 Å². The van der Waals surface area contributed by atoms with Crippen molar-refractivity contribution >= 4 is 23.9 Å². The first-order valence-electron chi connectivity index (χ1n) is 10.5. The summed E-state index contributed by atoms with van der Waals surface area (Å²) in [6.07, 6.45) is 8.48. The van der Waals surface area contributed by atoms with Crippen LogP contribution in [0.1, 0.15) is 65.2 Å². The minimum Gasteiger partial charge on any atom is -0.395 e. The maximum Gasteiger partial charge on any atom is 0.139 e. The van der Waals surface area contributed by atoms with Gasteiger partial charge in [-0.25, -0.2) is 0 Å². The van der Waals surface area contributed by atoms with Gasteiger partial charge in [0, 0.05) is 18.4 Å². The Hall–Kier alpha value is -0.870. The Morgan fingerprint density at radius 1 is 1.19 bits per heavy atom. The fourth-order valence-electron chi connectivity index (χ4n) is 7.09. The van der Waals surface area contributed by atoms with Gasteiger partial charge >= 0.3 is 0 Å². The minimum absolute atomic E-state index is 0. The van der Waals surface area contributed by atoms with Gasteiger partial charge in [-0.1, -0.05) is 31.2 Å². The van der Waals surface area contributed by atoms with Gasteiger partial charge in [0.15, 0.2) is 0 Å². The average Bonchev–Trinajstić information content (AvgIpc) is 2.92. The van der Waals surface area contributed by atoms with Crippen LogP contribution in [0.2, 0.25) is 0 Å². The number of carbonyl (C=O) groups excluding carboxylic acids is 1. The quantitative estimate of drug-likeness (QED) is 0.435. The lowest BCUT2D eigenvalue weighted by atomic mass is 9.44. The smallest absolute Gasteiger partial charge is 0.139 e. The van der Waals surface area contributed by atoms with E-state index in [4.69, 9.17) is 10.6 Å². The summed E-state index contributed by atoms with van der Waals surface area (Å²) in [7, 11) is 0. The molecule has 0 amide bonds. The topological polar surface area (TPSA) is 64.7 Å². The van der Waals surface area contributed by atoms with E-state index in [1.54, 1.807) is 0 Å². The molecule has 0 radical (unpaired) electrons. The molecule has 0 spiro atoms. The molecule has 0 aromatic heterocycles. The summed E-state index contributed by atoms with van der Waals surface area (Å²) < 4.78 is 0. The summed E-state index contributed by atoms with van der Waals surface area (Å²) in [6, 6.07) is 0. The Bertz CT molecular complexity index is 648. The number of allylic oxidation sites excluding steroid dienone is 1. The maximum absolute atomic E-state index is 12.6. The fourth-order valence-corrected chi connectivity index (χ4v) is 7.09. The van der Waals surface area contributed by atoms with Crippen molar-refractivity contribution in [3.63, 3.8) is 0 Å². The third-order valence-electron chi connectivity index (χ3n) is 8.57. The van der Waals surface area contributed by atoms with E-state index in [0.29, 0.717) is 42.1 Å². The van der Waals surface area contributed by atoms with Gasteiger partial charge in [0.25, 0.3) is 0 Å². The summed E-state index contributed by atoms with van der Waals surface area (Å²) in [5.41, 5.74) is 8.32. The van der Waals surface area contributed by atoms with Crippen molar-refractivity contribution < 1.29 is 9.63 Å². The zero-order valence-electron chi connectivity index (χ0n) is 16.8. The molecular weight excluding hydrogens is 360 g/mol. The van der Waals surface area contributed by atoms with Gasteiger partial charge in [-0.15, -0.1) is 12.4 Å². The molecule has 1 unspecified atom stereocenters. The molecule has 0 saturated heterocycles. The van der Waals surface area contributed by atoms with Crippen molar-refractivity contribution in [3.05, 3.63) is 12.2 Å². The molecule has 4 aliphatic rings. The first-order chi connectivity index (χ1) is 12.4. The SMILES string of the molecule is C=C1C[C@@H]2[C@H](CC[C@]3(C)C(=O)CC[C@@H]23)[C@@]2(C)CC/C(=N/OCCN)CC12.Cl. The highest BCUT2D eigenvalue weighted by molar-refractivity contribution is 5.87. The van der Waals surface area contributed by atoms with E-state index in [1.807, 2.05) is 0 Å². The van der Waals surface area contributed by atoms with Crippen molar-refractivity contribution in [2.24, 2.45) is 45.4 Å². The molecule has 4 saturated carbocycles. The summed E-state index contributed by atoms with van der Waals surface area (Å²) >= 11 is 0. The van der Waals surface area contributed by atoms with Crippen LogP contribution < -0.4 is 5.73 Å². The molecule has 152 valence electrons. The second kappa shape index (κ2) is 7.51. The van der Waals surface area contributed by atoms with Gasteiger partial charge in [-0.3, -0.25) is 4.79 Å². The van der Waals surface area contributed by atoms with Crippen LogP contribution in [0.15, 0.2) is 17.3 Å². The number of hydrogen-bond acceptors (Lipinski definition) is 4. The Balaban J connectivity index is 0.00000210. The number of Topliss-reactive ketones (excluding diaryl/α,β-unsaturated/α-hetero) is 1. The van der Waals surface area contributed by atoms with E-state index in [-0.39, 0.29) is 17.8 Å². The van der Waals surface area contributed by atoms with Crippen molar-refractivity contribution in [3.8, 4) is 0 Å².